The van der Waals surface area contributed by atoms with Crippen LogP contribution in [0.5, 0.6) is 0 Å². The largest absolute Gasteiger partial charge is 0.490 e. The SMILES string of the molecule is CCCCCCCCCCCCCCCC(=O)N[C@@H](CCC(=O)NCCCC[C@H](NC(=O)[C@H](C)NC(=O)[C@H](C)N)C(=O)N[C@@H](CCC(=O)O)C(=O)O)C(=O)O.O=C(O)C(F)(F)F. The van der Waals surface area contributed by atoms with Gasteiger partial charge in [-0.25, -0.2) is 14.4 Å². The summed E-state index contributed by atoms with van der Waals surface area (Å²) in [4.78, 5) is 106. The molecule has 0 fully saturated rings. The van der Waals surface area contributed by atoms with Crippen molar-refractivity contribution in [3.8, 4) is 0 Å². The second-order valence-electron chi connectivity index (χ2n) is 15.1. The molecule has 19 nitrogen and oxygen atoms in total. The fraction of sp³-hybridized carbons (Fsp3) is 0.775. The van der Waals surface area contributed by atoms with Gasteiger partial charge in [0.15, 0.2) is 0 Å². The molecule has 5 atom stereocenters. The number of alkyl halides is 3. The number of nitrogens with two attached hydrogens (primary N) is 1. The topological polar surface area (TPSA) is 321 Å². The van der Waals surface area contributed by atoms with Crippen molar-refractivity contribution in [1.29, 1.82) is 0 Å². The minimum atomic E-state index is -5.08. The van der Waals surface area contributed by atoms with Crippen molar-refractivity contribution in [1.82, 2.24) is 26.6 Å². The summed E-state index contributed by atoms with van der Waals surface area (Å²) < 4.78 is 31.7. The van der Waals surface area contributed by atoms with Crippen LogP contribution in [0, 0.1) is 0 Å². The first kappa shape index (κ1) is 59.1. The summed E-state index contributed by atoms with van der Waals surface area (Å²) in [7, 11) is 0. The van der Waals surface area contributed by atoms with Gasteiger partial charge in [0.1, 0.15) is 24.2 Å². The number of aliphatic carboxylic acids is 4. The number of unbranched alkanes of at least 4 members (excludes halogenated alkanes) is 13. The van der Waals surface area contributed by atoms with Gasteiger partial charge in [-0.05, 0) is 52.4 Å². The fourth-order valence-corrected chi connectivity index (χ4v) is 5.67. The number of hydrogen-bond donors (Lipinski definition) is 10. The van der Waals surface area contributed by atoms with Crippen LogP contribution in [0.25, 0.3) is 0 Å². The number of carboxylic acid groups (broad SMARTS) is 4. The van der Waals surface area contributed by atoms with E-state index < -0.39 is 96.7 Å². The maximum Gasteiger partial charge on any atom is 0.490 e. The van der Waals surface area contributed by atoms with Gasteiger partial charge in [-0.1, -0.05) is 84.0 Å². The predicted octanol–water partition coefficient (Wildman–Crippen LogP) is 3.51. The average molecular weight is 899 g/mol. The van der Waals surface area contributed by atoms with Crippen molar-refractivity contribution >= 4 is 53.4 Å². The molecule has 22 heteroatoms. The molecule has 0 aromatic heterocycles. The highest BCUT2D eigenvalue weighted by atomic mass is 19.4. The van der Waals surface area contributed by atoms with Gasteiger partial charge in [0.2, 0.25) is 29.5 Å². The van der Waals surface area contributed by atoms with Gasteiger partial charge in [0.25, 0.3) is 0 Å². The second-order valence-corrected chi connectivity index (χ2v) is 15.1. The van der Waals surface area contributed by atoms with E-state index in [1.165, 1.54) is 71.6 Å². The Morgan fingerprint density at radius 1 is 0.516 bits per heavy atom. The summed E-state index contributed by atoms with van der Waals surface area (Å²) in [6.45, 7) is 5.15. The van der Waals surface area contributed by atoms with E-state index in [-0.39, 0.29) is 44.6 Å². The van der Waals surface area contributed by atoms with Gasteiger partial charge in [-0.15, -0.1) is 0 Å². The highest BCUT2D eigenvalue weighted by molar-refractivity contribution is 5.94. The van der Waals surface area contributed by atoms with Crippen LogP contribution in [-0.4, -0.2) is 117 Å². The van der Waals surface area contributed by atoms with Crippen molar-refractivity contribution in [2.24, 2.45) is 5.73 Å². The maximum absolute atomic E-state index is 13.0. The number of amides is 5. The van der Waals surface area contributed by atoms with Gasteiger partial charge >= 0.3 is 30.1 Å². The van der Waals surface area contributed by atoms with Crippen molar-refractivity contribution in [3.05, 3.63) is 0 Å². The number of halogens is 3. The Bertz CT molecular complexity index is 1400. The summed E-state index contributed by atoms with van der Waals surface area (Å²) in [5.74, 6) is -9.76. The molecule has 0 heterocycles. The first-order valence-electron chi connectivity index (χ1n) is 21.2. The Hall–Kier alpha value is -5.02. The van der Waals surface area contributed by atoms with Crippen molar-refractivity contribution in [2.45, 2.75) is 192 Å². The van der Waals surface area contributed by atoms with Gasteiger partial charge in [0.05, 0.1) is 6.04 Å². The van der Waals surface area contributed by atoms with Crippen LogP contribution in [0.3, 0.4) is 0 Å². The molecule has 0 aromatic rings. The number of carboxylic acids is 4. The Labute approximate surface area is 360 Å². The normalized spacial score (nSPS) is 13.4. The lowest BCUT2D eigenvalue weighted by molar-refractivity contribution is -0.192. The number of nitrogens with one attached hydrogen (secondary N) is 5. The lowest BCUT2D eigenvalue weighted by Gasteiger charge is -2.23. The summed E-state index contributed by atoms with van der Waals surface area (Å²) in [6.07, 6.45) is 9.76. The molecule has 0 aromatic carbocycles. The van der Waals surface area contributed by atoms with Crippen LogP contribution >= 0.6 is 0 Å². The molecule has 11 N–H and O–H groups in total. The smallest absolute Gasteiger partial charge is 0.481 e. The summed E-state index contributed by atoms with van der Waals surface area (Å²) in [5.41, 5.74) is 5.52. The second kappa shape index (κ2) is 34.6. The van der Waals surface area contributed by atoms with E-state index in [1.54, 1.807) is 0 Å². The molecule has 0 unspecified atom stereocenters. The van der Waals surface area contributed by atoms with Gasteiger partial charge in [-0.3, -0.25) is 28.8 Å². The van der Waals surface area contributed by atoms with Crippen LogP contribution in [0.4, 0.5) is 13.2 Å². The minimum Gasteiger partial charge on any atom is -0.481 e. The highest BCUT2D eigenvalue weighted by Gasteiger charge is 2.38. The molecule has 62 heavy (non-hydrogen) atoms. The quantitative estimate of drug-likeness (QED) is 0.0414. The van der Waals surface area contributed by atoms with Crippen LogP contribution in [0.15, 0.2) is 0 Å². The lowest BCUT2D eigenvalue weighted by atomic mass is 10.0. The Morgan fingerprint density at radius 3 is 1.42 bits per heavy atom. The first-order valence-corrected chi connectivity index (χ1v) is 21.2. The van der Waals surface area contributed by atoms with Crippen LogP contribution in [0.2, 0.25) is 0 Å². The van der Waals surface area contributed by atoms with E-state index in [1.807, 2.05) is 0 Å². The minimum absolute atomic E-state index is 0.000947. The van der Waals surface area contributed by atoms with Crippen molar-refractivity contribution < 1.29 is 76.7 Å². The predicted molar refractivity (Wildman–Crippen MR) is 219 cm³/mol. The lowest BCUT2D eigenvalue weighted by Crippen LogP contribution is -2.56. The summed E-state index contributed by atoms with van der Waals surface area (Å²) in [5, 5.41) is 47.3. The molecule has 0 spiro atoms. The molecular weight excluding hydrogens is 829 g/mol. The van der Waals surface area contributed by atoms with Gasteiger partial charge in [-0.2, -0.15) is 13.2 Å². The Kier molecular flexibility index (Phi) is 32.9. The molecule has 0 aliphatic carbocycles. The van der Waals surface area contributed by atoms with E-state index in [0.717, 1.165) is 19.3 Å². The molecule has 5 amide bonds. The summed E-state index contributed by atoms with van der Waals surface area (Å²) >= 11 is 0. The van der Waals surface area contributed by atoms with E-state index in [2.05, 4.69) is 33.5 Å². The van der Waals surface area contributed by atoms with Gasteiger partial charge < -0.3 is 52.7 Å². The van der Waals surface area contributed by atoms with Crippen molar-refractivity contribution in [2.75, 3.05) is 6.54 Å². The van der Waals surface area contributed by atoms with Crippen molar-refractivity contribution in [3.63, 3.8) is 0 Å². The standard InChI is InChI=1S/C38H68N6O11.C2HF3O2/c1-4-5-6-7-8-9-10-11-12-13-14-15-16-20-32(46)42-29(37(52)53)21-23-31(45)40-25-18-17-19-28(43-35(50)27(3)41-34(49)26(2)39)36(51)44-30(38(54)55)22-24-33(47)48;3-2(4,5)1(6)7/h26-30H,4-25,39H2,1-3H3,(H,40,45)(H,41,49)(H,42,46)(H,43,50)(H,44,51)(H,47,48)(H,52,53)(H,54,55);(H,6,7)/t26-,27-,28-,29-,30-;/m0./s1. The molecule has 0 radical (unpaired) electrons. The molecule has 0 saturated heterocycles. The van der Waals surface area contributed by atoms with Crippen LogP contribution < -0.4 is 32.3 Å². The van der Waals surface area contributed by atoms with E-state index in [4.69, 9.17) is 20.7 Å². The molecular formula is C40H69F3N6O13. The number of rotatable bonds is 34. The zero-order valence-corrected chi connectivity index (χ0v) is 36.1. The third-order valence-electron chi connectivity index (χ3n) is 9.35. The van der Waals surface area contributed by atoms with E-state index in [9.17, 15) is 61.7 Å². The zero-order chi connectivity index (χ0) is 47.7. The number of carbonyl (C=O) groups is 9. The first-order chi connectivity index (χ1) is 29.0. The molecule has 358 valence electrons. The van der Waals surface area contributed by atoms with Gasteiger partial charge in [0, 0.05) is 25.8 Å². The number of carbonyl (C=O) groups excluding carboxylic acids is 5. The monoisotopic (exact) mass is 898 g/mol. The maximum atomic E-state index is 13.0. The fourth-order valence-electron chi connectivity index (χ4n) is 5.67. The average Bonchev–Trinajstić information content (AvgIpc) is 3.18. The third kappa shape index (κ3) is 32.7. The third-order valence-corrected chi connectivity index (χ3v) is 9.35. The Balaban J connectivity index is 0. The molecule has 0 rings (SSSR count). The molecule has 0 aliphatic heterocycles. The van der Waals surface area contributed by atoms with Crippen LogP contribution in [0.1, 0.15) is 156 Å². The molecule has 0 saturated carbocycles. The number of hydrogen-bond acceptors (Lipinski definition) is 10. The van der Waals surface area contributed by atoms with Crippen LogP contribution in [-0.2, 0) is 43.2 Å². The van der Waals surface area contributed by atoms with E-state index in [0.29, 0.717) is 12.8 Å². The highest BCUT2D eigenvalue weighted by Crippen LogP contribution is 2.14. The molecule has 0 bridgehead atoms. The Morgan fingerprint density at radius 2 is 0.968 bits per heavy atom. The molecule has 0 aliphatic rings. The zero-order valence-electron chi connectivity index (χ0n) is 36.1. The summed E-state index contributed by atoms with van der Waals surface area (Å²) in [6, 6.07) is -5.99. The van der Waals surface area contributed by atoms with E-state index >= 15 is 0 Å².